The van der Waals surface area contributed by atoms with Gasteiger partial charge in [-0.15, -0.1) is 0 Å². The molecule has 1 aromatic carbocycles. The van der Waals surface area contributed by atoms with Crippen molar-refractivity contribution in [3.8, 4) is 5.75 Å². The minimum absolute atomic E-state index is 0.337. The van der Waals surface area contributed by atoms with Crippen LogP contribution >= 0.6 is 0 Å². The summed E-state index contributed by atoms with van der Waals surface area (Å²) in [5.74, 6) is 0.913. The lowest BCUT2D eigenvalue weighted by molar-refractivity contribution is 0.0759. The number of nitrogens with one attached hydrogen (secondary N) is 1. The second kappa shape index (κ2) is 8.94. The Balaban J connectivity index is 2.21. The molecule has 0 fully saturated rings. The third kappa shape index (κ3) is 6.60. The second-order valence-corrected chi connectivity index (χ2v) is 5.08. The van der Waals surface area contributed by atoms with Gasteiger partial charge in [-0.1, -0.05) is 12.1 Å². The van der Waals surface area contributed by atoms with Gasteiger partial charge in [-0.3, -0.25) is 0 Å². The van der Waals surface area contributed by atoms with E-state index in [-0.39, 0.29) is 0 Å². The predicted octanol–water partition coefficient (Wildman–Crippen LogP) is 3.55. The summed E-state index contributed by atoms with van der Waals surface area (Å²) in [6, 6.07) is 8.56. The Kier molecular flexibility index (Phi) is 7.53. The van der Waals surface area contributed by atoms with Crippen LogP contribution in [0, 0.1) is 0 Å². The van der Waals surface area contributed by atoms with Crippen LogP contribution in [-0.4, -0.2) is 26.4 Å². The minimum atomic E-state index is 0.337. The van der Waals surface area contributed by atoms with Crippen molar-refractivity contribution in [2.24, 2.45) is 0 Å². The molecule has 0 radical (unpaired) electrons. The molecule has 3 nitrogen and oxygen atoms in total. The molecule has 0 amide bonds. The van der Waals surface area contributed by atoms with Crippen molar-refractivity contribution in [2.45, 2.75) is 45.8 Å². The number of unbranched alkanes of at least 4 members (excludes halogenated alkanes) is 1. The number of ether oxygens (including phenoxy) is 2. The topological polar surface area (TPSA) is 30.5 Å². The number of hydrogen-bond donors (Lipinski definition) is 1. The van der Waals surface area contributed by atoms with E-state index in [1.165, 1.54) is 5.56 Å². The summed E-state index contributed by atoms with van der Waals surface area (Å²) in [5.41, 5.74) is 1.26. The lowest BCUT2D eigenvalue weighted by Gasteiger charge is -2.15. The van der Waals surface area contributed by atoms with Gasteiger partial charge in [-0.25, -0.2) is 0 Å². The van der Waals surface area contributed by atoms with Crippen LogP contribution in [-0.2, 0) is 4.74 Å². The monoisotopic (exact) mass is 265 g/mol. The molecule has 0 saturated carbocycles. The molecule has 0 spiro atoms. The average Bonchev–Trinajstić information content (AvgIpc) is 2.42. The Morgan fingerprint density at radius 1 is 1.16 bits per heavy atom. The van der Waals surface area contributed by atoms with Crippen molar-refractivity contribution in [2.75, 3.05) is 20.3 Å². The molecule has 1 atom stereocenters. The normalized spacial score (nSPS) is 12.7. The Morgan fingerprint density at radius 2 is 1.95 bits per heavy atom. The fourth-order valence-corrected chi connectivity index (χ4v) is 1.89. The largest absolute Gasteiger partial charge is 0.497 e. The van der Waals surface area contributed by atoms with Gasteiger partial charge >= 0.3 is 0 Å². The summed E-state index contributed by atoms with van der Waals surface area (Å²) in [7, 11) is 1.70. The van der Waals surface area contributed by atoms with Crippen LogP contribution in [0.2, 0.25) is 0 Å². The molecule has 0 aromatic heterocycles. The molecule has 0 aliphatic heterocycles. The SMILES string of the molecule is COc1cccc(C(C)NCCCCOC(C)C)c1. The Hall–Kier alpha value is -1.06. The van der Waals surface area contributed by atoms with Crippen LogP contribution in [0.4, 0.5) is 0 Å². The van der Waals surface area contributed by atoms with Gasteiger partial charge in [0.25, 0.3) is 0 Å². The minimum Gasteiger partial charge on any atom is -0.497 e. The van der Waals surface area contributed by atoms with Crippen LogP contribution in [0.1, 0.15) is 45.2 Å². The van der Waals surface area contributed by atoms with Gasteiger partial charge < -0.3 is 14.8 Å². The molecule has 108 valence electrons. The van der Waals surface area contributed by atoms with Gasteiger partial charge in [0.15, 0.2) is 0 Å². The Morgan fingerprint density at radius 3 is 2.63 bits per heavy atom. The van der Waals surface area contributed by atoms with Crippen LogP contribution in [0.15, 0.2) is 24.3 Å². The molecule has 0 aliphatic carbocycles. The summed E-state index contributed by atoms with van der Waals surface area (Å²) in [5, 5.41) is 3.53. The number of methoxy groups -OCH3 is 1. The Bertz CT molecular complexity index is 352. The van der Waals surface area contributed by atoms with Crippen LogP contribution in [0.5, 0.6) is 5.75 Å². The van der Waals surface area contributed by atoms with Gasteiger partial charge in [-0.2, -0.15) is 0 Å². The smallest absolute Gasteiger partial charge is 0.119 e. The molecule has 1 rings (SSSR count). The van der Waals surface area contributed by atoms with Crippen LogP contribution in [0.25, 0.3) is 0 Å². The van der Waals surface area contributed by atoms with Crippen molar-refractivity contribution >= 4 is 0 Å². The second-order valence-electron chi connectivity index (χ2n) is 5.08. The Labute approximate surface area is 117 Å². The van der Waals surface area contributed by atoms with Crippen LogP contribution < -0.4 is 10.1 Å². The van der Waals surface area contributed by atoms with Gasteiger partial charge in [-0.05, 0) is 57.9 Å². The van der Waals surface area contributed by atoms with E-state index >= 15 is 0 Å². The van der Waals surface area contributed by atoms with E-state index in [0.29, 0.717) is 12.1 Å². The van der Waals surface area contributed by atoms with E-state index in [9.17, 15) is 0 Å². The molecule has 1 N–H and O–H groups in total. The molecule has 0 aliphatic rings. The summed E-state index contributed by atoms with van der Waals surface area (Å²) in [4.78, 5) is 0. The zero-order chi connectivity index (χ0) is 14.1. The van der Waals surface area contributed by atoms with E-state index in [1.54, 1.807) is 7.11 Å². The third-order valence-electron chi connectivity index (χ3n) is 3.07. The highest BCUT2D eigenvalue weighted by molar-refractivity contribution is 5.30. The molecule has 0 saturated heterocycles. The third-order valence-corrected chi connectivity index (χ3v) is 3.07. The van der Waals surface area contributed by atoms with Crippen molar-refractivity contribution in [1.29, 1.82) is 0 Å². The fourth-order valence-electron chi connectivity index (χ4n) is 1.89. The van der Waals surface area contributed by atoms with E-state index in [2.05, 4.69) is 38.2 Å². The summed E-state index contributed by atoms with van der Waals surface area (Å²) in [6.45, 7) is 8.19. The maximum Gasteiger partial charge on any atom is 0.119 e. The zero-order valence-corrected chi connectivity index (χ0v) is 12.6. The van der Waals surface area contributed by atoms with E-state index in [4.69, 9.17) is 9.47 Å². The van der Waals surface area contributed by atoms with E-state index in [0.717, 1.165) is 31.7 Å². The molecular weight excluding hydrogens is 238 g/mol. The summed E-state index contributed by atoms with van der Waals surface area (Å²) in [6.07, 6.45) is 2.58. The first-order chi connectivity index (χ1) is 9.13. The van der Waals surface area contributed by atoms with Gasteiger partial charge in [0.05, 0.1) is 13.2 Å². The van der Waals surface area contributed by atoms with Gasteiger partial charge in [0.2, 0.25) is 0 Å². The van der Waals surface area contributed by atoms with Crippen LogP contribution in [0.3, 0.4) is 0 Å². The van der Waals surface area contributed by atoms with Crippen molar-refractivity contribution < 1.29 is 9.47 Å². The highest BCUT2D eigenvalue weighted by Crippen LogP contribution is 2.18. The summed E-state index contributed by atoms with van der Waals surface area (Å²) < 4.78 is 10.8. The first-order valence-electron chi connectivity index (χ1n) is 7.12. The van der Waals surface area contributed by atoms with E-state index < -0.39 is 0 Å². The van der Waals surface area contributed by atoms with Crippen molar-refractivity contribution in [1.82, 2.24) is 5.32 Å². The maximum absolute atomic E-state index is 5.52. The van der Waals surface area contributed by atoms with Gasteiger partial charge in [0, 0.05) is 12.6 Å². The highest BCUT2D eigenvalue weighted by atomic mass is 16.5. The standard InChI is InChI=1S/C16H27NO2/c1-13(2)19-11-6-5-10-17-14(3)15-8-7-9-16(12-15)18-4/h7-9,12-14,17H,5-6,10-11H2,1-4H3. The summed E-state index contributed by atoms with van der Waals surface area (Å²) >= 11 is 0. The maximum atomic E-state index is 5.52. The van der Waals surface area contributed by atoms with E-state index in [1.807, 2.05) is 12.1 Å². The number of rotatable bonds is 9. The van der Waals surface area contributed by atoms with Crippen molar-refractivity contribution in [3.63, 3.8) is 0 Å². The van der Waals surface area contributed by atoms with Gasteiger partial charge in [0.1, 0.15) is 5.75 Å². The number of hydrogen-bond acceptors (Lipinski definition) is 3. The molecule has 3 heteroatoms. The first kappa shape index (κ1) is 16.0. The predicted molar refractivity (Wildman–Crippen MR) is 79.7 cm³/mol. The lowest BCUT2D eigenvalue weighted by Crippen LogP contribution is -2.20. The molecular formula is C16H27NO2. The molecule has 0 bridgehead atoms. The molecule has 0 heterocycles. The average molecular weight is 265 g/mol. The zero-order valence-electron chi connectivity index (χ0n) is 12.6. The molecule has 19 heavy (non-hydrogen) atoms. The molecule has 1 aromatic rings. The number of benzene rings is 1. The van der Waals surface area contributed by atoms with Crippen molar-refractivity contribution in [3.05, 3.63) is 29.8 Å². The lowest BCUT2D eigenvalue weighted by atomic mass is 10.1. The first-order valence-corrected chi connectivity index (χ1v) is 7.12. The fraction of sp³-hybridized carbons (Fsp3) is 0.625. The molecule has 1 unspecified atom stereocenters. The quantitative estimate of drug-likeness (QED) is 0.693. The highest BCUT2D eigenvalue weighted by Gasteiger charge is 2.05.